The molecule has 0 radical (unpaired) electrons. The quantitative estimate of drug-likeness (QED) is 0.597. The van der Waals surface area contributed by atoms with Gasteiger partial charge in [0.1, 0.15) is 12.4 Å². The fourth-order valence-corrected chi connectivity index (χ4v) is 4.42. The molecule has 1 amide bonds. The molecule has 0 spiro atoms. The predicted molar refractivity (Wildman–Crippen MR) is 124 cm³/mol. The van der Waals surface area contributed by atoms with Gasteiger partial charge in [-0.05, 0) is 70.4 Å². The lowest BCUT2D eigenvalue weighted by Gasteiger charge is -2.38. The fourth-order valence-electron chi connectivity index (χ4n) is 4.42. The average Bonchev–Trinajstić information content (AvgIpc) is 3.06. The molecule has 7 heteroatoms. The molecule has 0 fully saturated rings. The van der Waals surface area contributed by atoms with Crippen LogP contribution >= 0.6 is 0 Å². The Morgan fingerprint density at radius 1 is 1.33 bits per heavy atom. The fraction of sp³-hybridized carbons (Fsp3) is 0.423. The van der Waals surface area contributed by atoms with Gasteiger partial charge in [0.2, 0.25) is 0 Å². The Labute approximate surface area is 194 Å². The van der Waals surface area contributed by atoms with E-state index in [1.54, 1.807) is 19.9 Å². The molecule has 0 saturated heterocycles. The van der Waals surface area contributed by atoms with Crippen molar-refractivity contribution < 1.29 is 29.2 Å². The van der Waals surface area contributed by atoms with Crippen LogP contribution in [0.15, 0.2) is 35.9 Å². The van der Waals surface area contributed by atoms with Crippen molar-refractivity contribution >= 4 is 5.91 Å². The van der Waals surface area contributed by atoms with E-state index in [4.69, 9.17) is 14.2 Å². The SMILES string of the molecule is CO[C@@]1(c2cc(C)cc3c2O[C@H](C(C)(C)O)CO3)NC(=O)c2c(O)ccc(CC=C(C)C)c21. The van der Waals surface area contributed by atoms with Gasteiger partial charge < -0.3 is 29.7 Å². The van der Waals surface area contributed by atoms with Gasteiger partial charge in [-0.15, -0.1) is 0 Å². The highest BCUT2D eigenvalue weighted by Gasteiger charge is 2.51. The molecular weight excluding hydrogens is 422 g/mol. The van der Waals surface area contributed by atoms with Gasteiger partial charge in [-0.1, -0.05) is 17.7 Å². The Bertz CT molecular complexity index is 1140. The van der Waals surface area contributed by atoms with Crippen LogP contribution in [0.5, 0.6) is 17.2 Å². The number of aryl methyl sites for hydroxylation is 1. The summed E-state index contributed by atoms with van der Waals surface area (Å²) in [5, 5.41) is 24.1. The topological polar surface area (TPSA) is 97.3 Å². The van der Waals surface area contributed by atoms with E-state index in [1.165, 1.54) is 13.2 Å². The summed E-state index contributed by atoms with van der Waals surface area (Å²) in [7, 11) is 1.51. The van der Waals surface area contributed by atoms with E-state index in [1.807, 2.05) is 32.9 Å². The number of phenols is 1. The Kier molecular flexibility index (Phi) is 5.66. The maximum atomic E-state index is 13.1. The number of allylic oxidation sites excluding steroid dienone is 2. The van der Waals surface area contributed by atoms with Crippen LogP contribution in [0.25, 0.3) is 0 Å². The van der Waals surface area contributed by atoms with E-state index >= 15 is 0 Å². The number of nitrogens with one attached hydrogen (secondary N) is 1. The minimum absolute atomic E-state index is 0.115. The first-order valence-electron chi connectivity index (χ1n) is 11.0. The van der Waals surface area contributed by atoms with Gasteiger partial charge in [0.25, 0.3) is 5.91 Å². The van der Waals surface area contributed by atoms with Crippen LogP contribution < -0.4 is 14.8 Å². The number of fused-ring (bicyclic) bond motifs is 2. The monoisotopic (exact) mass is 453 g/mol. The maximum absolute atomic E-state index is 13.1. The summed E-state index contributed by atoms with van der Waals surface area (Å²) in [6, 6.07) is 7.07. The molecule has 33 heavy (non-hydrogen) atoms. The van der Waals surface area contributed by atoms with Crippen LogP contribution in [0.3, 0.4) is 0 Å². The van der Waals surface area contributed by atoms with Crippen molar-refractivity contribution in [2.75, 3.05) is 13.7 Å². The number of ether oxygens (including phenoxy) is 3. The first kappa shape index (κ1) is 23.1. The Morgan fingerprint density at radius 3 is 2.70 bits per heavy atom. The minimum atomic E-state index is -1.41. The molecule has 0 bridgehead atoms. The molecule has 3 N–H and O–H groups in total. The van der Waals surface area contributed by atoms with Gasteiger partial charge in [0, 0.05) is 12.7 Å². The summed E-state index contributed by atoms with van der Waals surface area (Å²) in [5.41, 5.74) is 1.59. The van der Waals surface area contributed by atoms with E-state index in [9.17, 15) is 15.0 Å². The number of phenolic OH excluding ortho intramolecular Hbond substituents is 1. The van der Waals surface area contributed by atoms with E-state index in [0.717, 1.165) is 16.7 Å². The maximum Gasteiger partial charge on any atom is 0.258 e. The third kappa shape index (κ3) is 3.85. The van der Waals surface area contributed by atoms with Gasteiger partial charge in [-0.2, -0.15) is 0 Å². The summed E-state index contributed by atoms with van der Waals surface area (Å²) in [6.07, 6.45) is 2.00. The molecular formula is C26H31NO6. The summed E-state index contributed by atoms with van der Waals surface area (Å²) in [6.45, 7) is 9.44. The number of carbonyl (C=O) groups is 1. The predicted octanol–water partition coefficient (Wildman–Crippen LogP) is 3.71. The van der Waals surface area contributed by atoms with Gasteiger partial charge in [-0.3, -0.25) is 4.79 Å². The zero-order valence-electron chi connectivity index (χ0n) is 19.9. The van der Waals surface area contributed by atoms with Crippen molar-refractivity contribution in [2.45, 2.75) is 58.5 Å². The van der Waals surface area contributed by atoms with Crippen LogP contribution in [0.1, 0.15) is 60.3 Å². The lowest BCUT2D eigenvalue weighted by atomic mass is 9.86. The highest BCUT2D eigenvalue weighted by molar-refractivity contribution is 6.03. The average molecular weight is 454 g/mol. The zero-order valence-corrected chi connectivity index (χ0v) is 19.9. The molecule has 0 aliphatic carbocycles. The van der Waals surface area contributed by atoms with Crippen molar-refractivity contribution in [1.29, 1.82) is 0 Å². The van der Waals surface area contributed by atoms with E-state index in [-0.39, 0.29) is 17.9 Å². The highest BCUT2D eigenvalue weighted by atomic mass is 16.6. The summed E-state index contributed by atoms with van der Waals surface area (Å²) < 4.78 is 18.3. The Balaban J connectivity index is 1.98. The van der Waals surface area contributed by atoms with Crippen LogP contribution in [0.4, 0.5) is 0 Å². The highest BCUT2D eigenvalue weighted by Crippen LogP contribution is 2.50. The second-order valence-electron chi connectivity index (χ2n) is 9.53. The van der Waals surface area contributed by atoms with E-state index < -0.39 is 23.3 Å². The smallest absolute Gasteiger partial charge is 0.258 e. The molecule has 176 valence electrons. The number of hydrogen-bond donors (Lipinski definition) is 3. The lowest BCUT2D eigenvalue weighted by Crippen LogP contribution is -2.48. The Hall–Kier alpha value is -3.03. The summed E-state index contributed by atoms with van der Waals surface area (Å²) in [5.74, 6) is 0.353. The summed E-state index contributed by atoms with van der Waals surface area (Å²) in [4.78, 5) is 13.1. The molecule has 0 saturated carbocycles. The number of methoxy groups -OCH3 is 1. The third-order valence-electron chi connectivity index (χ3n) is 6.19. The molecule has 2 atom stereocenters. The van der Waals surface area contributed by atoms with Gasteiger partial charge in [0.15, 0.2) is 23.3 Å². The molecule has 0 unspecified atom stereocenters. The second kappa shape index (κ2) is 8.08. The molecule has 7 nitrogen and oxygen atoms in total. The third-order valence-corrected chi connectivity index (χ3v) is 6.19. The second-order valence-corrected chi connectivity index (χ2v) is 9.53. The minimum Gasteiger partial charge on any atom is -0.507 e. The van der Waals surface area contributed by atoms with Crippen molar-refractivity contribution in [3.8, 4) is 17.2 Å². The number of aromatic hydroxyl groups is 1. The normalized spacial score (nSPS) is 21.4. The van der Waals surface area contributed by atoms with Gasteiger partial charge in [-0.25, -0.2) is 0 Å². The number of rotatable bonds is 5. The van der Waals surface area contributed by atoms with E-state index in [2.05, 4.69) is 11.4 Å². The Morgan fingerprint density at radius 2 is 2.06 bits per heavy atom. The number of hydrogen-bond acceptors (Lipinski definition) is 6. The molecule has 2 aliphatic heterocycles. The standard InChI is InChI=1S/C26H31NO6/c1-14(2)7-8-16-9-10-18(28)21-22(16)26(31-6,27-24(21)29)17-11-15(3)12-19-23(17)33-20(13-32-19)25(4,5)30/h7,9-12,20,28,30H,8,13H2,1-6H3,(H,27,29)/t20-,26+/m0/s1. The first-order chi connectivity index (χ1) is 15.5. The summed E-state index contributed by atoms with van der Waals surface area (Å²) >= 11 is 0. The molecule has 2 heterocycles. The zero-order chi connectivity index (χ0) is 24.1. The lowest BCUT2D eigenvalue weighted by molar-refractivity contribution is -0.0695. The molecule has 2 aromatic carbocycles. The number of aliphatic hydroxyl groups is 1. The van der Waals surface area contributed by atoms with Crippen LogP contribution in [0, 0.1) is 6.92 Å². The van der Waals surface area contributed by atoms with Gasteiger partial charge >= 0.3 is 0 Å². The molecule has 2 aliphatic rings. The first-order valence-corrected chi connectivity index (χ1v) is 11.0. The van der Waals surface area contributed by atoms with Crippen molar-refractivity contribution in [3.05, 3.63) is 63.7 Å². The molecule has 0 aromatic heterocycles. The largest absolute Gasteiger partial charge is 0.507 e. The molecule has 4 rings (SSSR count). The number of benzene rings is 2. The van der Waals surface area contributed by atoms with E-state index in [0.29, 0.717) is 29.0 Å². The number of carbonyl (C=O) groups excluding carboxylic acids is 1. The van der Waals surface area contributed by atoms with Crippen molar-refractivity contribution in [1.82, 2.24) is 5.32 Å². The van der Waals surface area contributed by atoms with Crippen molar-refractivity contribution in [3.63, 3.8) is 0 Å². The van der Waals surface area contributed by atoms with Gasteiger partial charge in [0.05, 0.1) is 16.7 Å². The van der Waals surface area contributed by atoms with Crippen LogP contribution in [-0.2, 0) is 16.9 Å². The van der Waals surface area contributed by atoms with Crippen molar-refractivity contribution in [2.24, 2.45) is 0 Å². The number of amides is 1. The van der Waals surface area contributed by atoms with Crippen LogP contribution in [-0.4, -0.2) is 41.5 Å². The van der Waals surface area contributed by atoms with Crippen LogP contribution in [0.2, 0.25) is 0 Å². The molecule has 2 aromatic rings.